The molecule has 14 heavy (non-hydrogen) atoms. The fourth-order valence-electron chi connectivity index (χ4n) is 0.934. The number of hydrogen-bond acceptors (Lipinski definition) is 2. The summed E-state index contributed by atoms with van der Waals surface area (Å²) in [6, 6.07) is 7.86. The molecule has 0 spiro atoms. The number of rotatable bonds is 2. The zero-order valence-electron chi connectivity index (χ0n) is 7.91. The van der Waals surface area contributed by atoms with Crippen molar-refractivity contribution in [3.8, 4) is 11.8 Å². The predicted octanol–water partition coefficient (Wildman–Crippen LogP) is 1.64. The van der Waals surface area contributed by atoms with Crippen LogP contribution >= 0.6 is 11.8 Å². The standard InChI is InChI=1S/C11H11NOS/c1-14-10-6-2-4-9(8-10)5-3-7-11(12)13/h2,4,6,8H,7H2,1H3,(H2,12,13). The van der Waals surface area contributed by atoms with Crippen LogP contribution in [-0.4, -0.2) is 12.2 Å². The fourth-order valence-corrected chi connectivity index (χ4v) is 1.39. The van der Waals surface area contributed by atoms with Crippen LogP contribution in [0.2, 0.25) is 0 Å². The van der Waals surface area contributed by atoms with Crippen molar-refractivity contribution in [2.75, 3.05) is 6.26 Å². The van der Waals surface area contributed by atoms with Crippen LogP contribution in [0.1, 0.15) is 12.0 Å². The summed E-state index contributed by atoms with van der Waals surface area (Å²) >= 11 is 1.66. The molecule has 0 aliphatic heterocycles. The maximum atomic E-state index is 10.4. The molecule has 72 valence electrons. The zero-order valence-corrected chi connectivity index (χ0v) is 8.73. The maximum Gasteiger partial charge on any atom is 0.229 e. The molecule has 1 rings (SSSR count). The summed E-state index contributed by atoms with van der Waals surface area (Å²) in [6.45, 7) is 0. The highest BCUT2D eigenvalue weighted by Gasteiger charge is 1.91. The quantitative estimate of drug-likeness (QED) is 0.589. The Morgan fingerprint density at radius 2 is 2.36 bits per heavy atom. The smallest absolute Gasteiger partial charge is 0.229 e. The van der Waals surface area contributed by atoms with Crippen molar-refractivity contribution in [1.29, 1.82) is 0 Å². The van der Waals surface area contributed by atoms with Crippen molar-refractivity contribution in [3.05, 3.63) is 29.8 Å². The van der Waals surface area contributed by atoms with E-state index in [0.717, 1.165) is 10.5 Å². The zero-order chi connectivity index (χ0) is 10.4. The predicted molar refractivity (Wildman–Crippen MR) is 58.9 cm³/mol. The Kier molecular flexibility index (Phi) is 4.09. The molecule has 0 fully saturated rings. The van der Waals surface area contributed by atoms with Crippen LogP contribution in [0.25, 0.3) is 0 Å². The molecule has 0 aliphatic rings. The topological polar surface area (TPSA) is 43.1 Å². The summed E-state index contributed by atoms with van der Waals surface area (Å²) in [6.07, 6.45) is 2.12. The lowest BCUT2D eigenvalue weighted by Gasteiger charge is -1.95. The summed E-state index contributed by atoms with van der Waals surface area (Å²) in [5, 5.41) is 0. The summed E-state index contributed by atoms with van der Waals surface area (Å²) in [4.78, 5) is 11.6. The van der Waals surface area contributed by atoms with E-state index >= 15 is 0 Å². The van der Waals surface area contributed by atoms with Gasteiger partial charge in [0.2, 0.25) is 5.91 Å². The molecule has 0 atom stereocenters. The molecule has 0 bridgehead atoms. The first-order chi connectivity index (χ1) is 6.72. The van der Waals surface area contributed by atoms with Crippen molar-refractivity contribution >= 4 is 17.7 Å². The second-order valence-corrected chi connectivity index (χ2v) is 3.56. The van der Waals surface area contributed by atoms with Crippen molar-refractivity contribution < 1.29 is 4.79 Å². The number of thioether (sulfide) groups is 1. The van der Waals surface area contributed by atoms with Gasteiger partial charge >= 0.3 is 0 Å². The van der Waals surface area contributed by atoms with Gasteiger partial charge in [0.15, 0.2) is 0 Å². The van der Waals surface area contributed by atoms with E-state index in [4.69, 9.17) is 5.73 Å². The van der Waals surface area contributed by atoms with Crippen LogP contribution in [-0.2, 0) is 4.79 Å². The lowest BCUT2D eigenvalue weighted by atomic mass is 10.2. The number of amides is 1. The lowest BCUT2D eigenvalue weighted by molar-refractivity contribution is -0.117. The number of nitrogens with two attached hydrogens (primary N) is 1. The number of hydrogen-bond donors (Lipinski definition) is 1. The lowest BCUT2D eigenvalue weighted by Crippen LogP contribution is -2.08. The van der Waals surface area contributed by atoms with Gasteiger partial charge in [0.25, 0.3) is 0 Å². The Balaban J connectivity index is 2.74. The first kappa shape index (κ1) is 10.7. The average Bonchev–Trinajstić information content (AvgIpc) is 2.18. The van der Waals surface area contributed by atoms with E-state index in [1.54, 1.807) is 11.8 Å². The molecule has 0 radical (unpaired) electrons. The van der Waals surface area contributed by atoms with Crippen molar-refractivity contribution in [2.45, 2.75) is 11.3 Å². The van der Waals surface area contributed by atoms with Crippen LogP contribution in [0.5, 0.6) is 0 Å². The first-order valence-electron chi connectivity index (χ1n) is 4.13. The molecule has 0 unspecified atom stereocenters. The van der Waals surface area contributed by atoms with Gasteiger partial charge in [-0.25, -0.2) is 0 Å². The third kappa shape index (κ3) is 3.55. The molecule has 0 saturated carbocycles. The minimum Gasteiger partial charge on any atom is -0.369 e. The second kappa shape index (κ2) is 5.36. The van der Waals surface area contributed by atoms with Gasteiger partial charge in [-0.05, 0) is 24.5 Å². The van der Waals surface area contributed by atoms with E-state index in [1.807, 2.05) is 30.5 Å². The van der Waals surface area contributed by atoms with Crippen LogP contribution in [0, 0.1) is 11.8 Å². The van der Waals surface area contributed by atoms with Gasteiger partial charge in [-0.15, -0.1) is 11.8 Å². The summed E-state index contributed by atoms with van der Waals surface area (Å²) in [7, 11) is 0. The van der Waals surface area contributed by atoms with E-state index in [0.29, 0.717) is 0 Å². The van der Waals surface area contributed by atoms with Crippen LogP contribution in [0.15, 0.2) is 29.2 Å². The molecule has 1 aromatic carbocycles. The molecule has 0 aliphatic carbocycles. The number of benzene rings is 1. The van der Waals surface area contributed by atoms with E-state index in [-0.39, 0.29) is 6.42 Å². The third-order valence-corrected chi connectivity index (χ3v) is 2.29. The Morgan fingerprint density at radius 1 is 1.57 bits per heavy atom. The van der Waals surface area contributed by atoms with Crippen molar-refractivity contribution in [2.24, 2.45) is 5.73 Å². The Labute approximate surface area is 87.9 Å². The van der Waals surface area contributed by atoms with E-state index in [1.165, 1.54) is 0 Å². The summed E-state index contributed by atoms with van der Waals surface area (Å²) < 4.78 is 0. The second-order valence-electron chi connectivity index (χ2n) is 2.68. The Hall–Kier alpha value is -1.40. The van der Waals surface area contributed by atoms with Gasteiger partial charge in [-0.1, -0.05) is 17.9 Å². The van der Waals surface area contributed by atoms with Gasteiger partial charge in [-0.3, -0.25) is 4.79 Å². The van der Waals surface area contributed by atoms with E-state index < -0.39 is 5.91 Å². The van der Waals surface area contributed by atoms with Gasteiger partial charge in [0.1, 0.15) is 0 Å². The van der Waals surface area contributed by atoms with Crippen LogP contribution in [0.3, 0.4) is 0 Å². The number of carbonyl (C=O) groups excluding carboxylic acids is 1. The monoisotopic (exact) mass is 205 g/mol. The largest absolute Gasteiger partial charge is 0.369 e. The van der Waals surface area contributed by atoms with E-state index in [2.05, 4.69) is 11.8 Å². The molecule has 1 aromatic rings. The molecule has 2 N–H and O–H groups in total. The van der Waals surface area contributed by atoms with E-state index in [9.17, 15) is 4.79 Å². The molecular weight excluding hydrogens is 194 g/mol. The number of primary amides is 1. The average molecular weight is 205 g/mol. The van der Waals surface area contributed by atoms with Gasteiger partial charge < -0.3 is 5.73 Å². The van der Waals surface area contributed by atoms with Gasteiger partial charge in [-0.2, -0.15) is 0 Å². The molecule has 0 heterocycles. The Bertz CT molecular complexity index is 390. The molecule has 1 amide bonds. The van der Waals surface area contributed by atoms with Gasteiger partial charge in [0.05, 0.1) is 6.42 Å². The molecule has 0 saturated heterocycles. The maximum absolute atomic E-state index is 10.4. The highest BCUT2D eigenvalue weighted by atomic mass is 32.2. The molecular formula is C11H11NOS. The summed E-state index contributed by atoms with van der Waals surface area (Å²) in [5.74, 6) is 5.21. The SMILES string of the molecule is CSc1cccc(C#CCC(N)=O)c1. The minimum absolute atomic E-state index is 0.115. The Morgan fingerprint density at radius 3 is 3.00 bits per heavy atom. The van der Waals surface area contributed by atoms with Crippen LogP contribution < -0.4 is 5.73 Å². The highest BCUT2D eigenvalue weighted by Crippen LogP contribution is 2.14. The molecule has 0 aromatic heterocycles. The normalized spacial score (nSPS) is 8.93. The first-order valence-corrected chi connectivity index (χ1v) is 5.36. The van der Waals surface area contributed by atoms with Gasteiger partial charge in [0, 0.05) is 10.5 Å². The fraction of sp³-hybridized carbons (Fsp3) is 0.182. The molecule has 2 nitrogen and oxygen atoms in total. The van der Waals surface area contributed by atoms with Crippen molar-refractivity contribution in [3.63, 3.8) is 0 Å². The third-order valence-electron chi connectivity index (χ3n) is 1.57. The minimum atomic E-state index is -0.390. The number of carbonyl (C=O) groups is 1. The molecule has 3 heteroatoms. The highest BCUT2D eigenvalue weighted by molar-refractivity contribution is 7.98. The van der Waals surface area contributed by atoms with Crippen LogP contribution in [0.4, 0.5) is 0 Å². The van der Waals surface area contributed by atoms with Crippen molar-refractivity contribution in [1.82, 2.24) is 0 Å². The summed E-state index contributed by atoms with van der Waals surface area (Å²) in [5.41, 5.74) is 5.88.